The van der Waals surface area contributed by atoms with Crippen LogP contribution in [0, 0.1) is 6.92 Å². The molecule has 0 radical (unpaired) electrons. The van der Waals surface area contributed by atoms with Crippen molar-refractivity contribution >= 4 is 21.6 Å². The highest BCUT2D eigenvalue weighted by Crippen LogP contribution is 2.18. The maximum atomic E-state index is 12.4. The van der Waals surface area contributed by atoms with Gasteiger partial charge in [0.2, 0.25) is 10.0 Å². The first-order valence-corrected chi connectivity index (χ1v) is 10.6. The van der Waals surface area contributed by atoms with Gasteiger partial charge in [0.15, 0.2) is 0 Å². The number of rotatable bonds is 8. The van der Waals surface area contributed by atoms with Gasteiger partial charge in [-0.3, -0.25) is 9.10 Å². The van der Waals surface area contributed by atoms with Crippen molar-refractivity contribution in [3.63, 3.8) is 0 Å². The zero-order valence-electron chi connectivity index (χ0n) is 16.1. The maximum Gasteiger partial charge on any atom is 0.251 e. The van der Waals surface area contributed by atoms with E-state index >= 15 is 0 Å². The van der Waals surface area contributed by atoms with Gasteiger partial charge in [-0.2, -0.15) is 0 Å². The normalized spacial score (nSPS) is 12.3. The van der Waals surface area contributed by atoms with Crippen LogP contribution in [0.2, 0.25) is 0 Å². The van der Waals surface area contributed by atoms with Crippen LogP contribution in [-0.2, 0) is 10.0 Å². The van der Waals surface area contributed by atoms with Crippen LogP contribution in [0.5, 0.6) is 5.75 Å². The quantitative estimate of drug-likeness (QED) is 0.752. The minimum atomic E-state index is -3.34. The molecule has 1 N–H and O–H groups in total. The van der Waals surface area contributed by atoms with Gasteiger partial charge in [0.05, 0.1) is 18.0 Å². The molecule has 0 fully saturated rings. The monoisotopic (exact) mass is 390 g/mol. The van der Waals surface area contributed by atoms with Gasteiger partial charge in [-0.25, -0.2) is 8.42 Å². The molecule has 0 heterocycles. The number of ether oxygens (including phenoxy) is 1. The molecule has 0 saturated heterocycles. The third-order valence-corrected chi connectivity index (χ3v) is 5.27. The van der Waals surface area contributed by atoms with Crippen molar-refractivity contribution in [3.8, 4) is 5.75 Å². The van der Waals surface area contributed by atoms with Crippen molar-refractivity contribution in [2.24, 2.45) is 0 Å². The third kappa shape index (κ3) is 5.99. The lowest BCUT2D eigenvalue weighted by molar-refractivity contribution is 0.0926. The van der Waals surface area contributed by atoms with Crippen molar-refractivity contribution < 1.29 is 17.9 Å². The van der Waals surface area contributed by atoms with E-state index in [1.807, 2.05) is 38.1 Å². The number of benzene rings is 2. The molecule has 2 aromatic rings. The molecular weight excluding hydrogens is 364 g/mol. The summed E-state index contributed by atoms with van der Waals surface area (Å²) in [6.07, 6.45) is 1.16. The Hall–Kier alpha value is -2.54. The van der Waals surface area contributed by atoms with Gasteiger partial charge in [-0.1, -0.05) is 17.7 Å². The summed E-state index contributed by atoms with van der Waals surface area (Å²) in [5.74, 6) is 0.524. The Balaban J connectivity index is 1.94. The summed E-state index contributed by atoms with van der Waals surface area (Å²) >= 11 is 0. The van der Waals surface area contributed by atoms with Crippen LogP contribution >= 0.6 is 0 Å². The lowest BCUT2D eigenvalue weighted by atomic mass is 10.2. The standard InChI is InChI=1S/C20H26N2O4S/c1-5-22(27(4,24)25)18-10-8-17(9-11-18)20(23)21-16(3)14-26-19-12-6-15(2)7-13-19/h6-13,16H,5,14H2,1-4H3,(H,21,23). The Kier molecular flexibility index (Phi) is 6.85. The average Bonchev–Trinajstić information content (AvgIpc) is 2.61. The molecule has 0 aliphatic rings. The van der Waals surface area contributed by atoms with E-state index in [9.17, 15) is 13.2 Å². The number of nitrogens with one attached hydrogen (secondary N) is 1. The molecule has 0 spiro atoms. The highest BCUT2D eigenvalue weighted by molar-refractivity contribution is 7.92. The predicted octanol–water partition coefficient (Wildman–Crippen LogP) is 2.98. The van der Waals surface area contributed by atoms with Crippen molar-refractivity contribution in [1.82, 2.24) is 5.32 Å². The van der Waals surface area contributed by atoms with Gasteiger partial charge in [0.25, 0.3) is 5.91 Å². The smallest absolute Gasteiger partial charge is 0.251 e. The van der Waals surface area contributed by atoms with Crippen LogP contribution in [0.3, 0.4) is 0 Å². The van der Waals surface area contributed by atoms with Crippen molar-refractivity contribution in [2.45, 2.75) is 26.8 Å². The lowest BCUT2D eigenvalue weighted by Crippen LogP contribution is -2.36. The first-order valence-electron chi connectivity index (χ1n) is 8.79. The van der Waals surface area contributed by atoms with E-state index in [2.05, 4.69) is 5.32 Å². The summed E-state index contributed by atoms with van der Waals surface area (Å²) in [5.41, 5.74) is 2.16. The van der Waals surface area contributed by atoms with E-state index in [1.165, 1.54) is 4.31 Å². The maximum absolute atomic E-state index is 12.4. The highest BCUT2D eigenvalue weighted by atomic mass is 32.2. The number of carbonyl (C=O) groups is 1. The summed E-state index contributed by atoms with van der Waals surface area (Å²) in [6.45, 7) is 6.32. The number of aryl methyl sites for hydroxylation is 1. The molecule has 1 atom stereocenters. The molecular formula is C20H26N2O4S. The van der Waals surface area contributed by atoms with Crippen LogP contribution in [-0.4, -0.2) is 39.8 Å². The predicted molar refractivity (Wildman–Crippen MR) is 108 cm³/mol. The fourth-order valence-corrected chi connectivity index (χ4v) is 3.57. The van der Waals surface area contributed by atoms with Gasteiger partial charge in [-0.05, 0) is 57.2 Å². The van der Waals surface area contributed by atoms with E-state index in [-0.39, 0.29) is 11.9 Å². The topological polar surface area (TPSA) is 75.7 Å². The molecule has 0 saturated carbocycles. The number of carbonyl (C=O) groups excluding carboxylic acids is 1. The van der Waals surface area contributed by atoms with Crippen molar-refractivity contribution in [2.75, 3.05) is 23.7 Å². The molecule has 2 rings (SSSR count). The van der Waals surface area contributed by atoms with Crippen LogP contribution in [0.4, 0.5) is 5.69 Å². The highest BCUT2D eigenvalue weighted by Gasteiger charge is 2.16. The Morgan fingerprint density at radius 3 is 2.22 bits per heavy atom. The Labute approximate surface area is 161 Å². The summed E-state index contributed by atoms with van der Waals surface area (Å²) in [4.78, 5) is 12.4. The lowest BCUT2D eigenvalue weighted by Gasteiger charge is -2.20. The third-order valence-electron chi connectivity index (χ3n) is 4.00. The van der Waals surface area contributed by atoms with Crippen LogP contribution in [0.15, 0.2) is 48.5 Å². The number of hydrogen-bond donors (Lipinski definition) is 1. The number of sulfonamides is 1. The summed E-state index contributed by atoms with van der Waals surface area (Å²) in [7, 11) is -3.34. The summed E-state index contributed by atoms with van der Waals surface area (Å²) in [6, 6.07) is 14.0. The Morgan fingerprint density at radius 1 is 1.11 bits per heavy atom. The molecule has 0 aliphatic carbocycles. The minimum Gasteiger partial charge on any atom is -0.491 e. The summed E-state index contributed by atoms with van der Waals surface area (Å²) < 4.78 is 30.5. The fourth-order valence-electron chi connectivity index (χ4n) is 2.59. The minimum absolute atomic E-state index is 0.179. The largest absolute Gasteiger partial charge is 0.491 e. The SMILES string of the molecule is CCN(c1ccc(C(=O)NC(C)COc2ccc(C)cc2)cc1)S(C)(=O)=O. The second kappa shape index (κ2) is 8.90. The molecule has 146 valence electrons. The van der Waals surface area contributed by atoms with Crippen LogP contribution in [0.1, 0.15) is 29.8 Å². The second-order valence-electron chi connectivity index (χ2n) is 6.47. The first kappa shape index (κ1) is 20.8. The second-order valence-corrected chi connectivity index (χ2v) is 8.38. The van der Waals surface area contributed by atoms with Gasteiger partial charge in [-0.15, -0.1) is 0 Å². The number of anilines is 1. The molecule has 1 amide bonds. The zero-order chi connectivity index (χ0) is 20.0. The Bertz CT molecular complexity index is 862. The van der Waals surface area contributed by atoms with E-state index in [4.69, 9.17) is 4.74 Å². The van der Waals surface area contributed by atoms with Crippen molar-refractivity contribution in [1.29, 1.82) is 0 Å². The fraction of sp³-hybridized carbons (Fsp3) is 0.350. The molecule has 7 heteroatoms. The molecule has 0 aliphatic heterocycles. The van der Waals surface area contributed by atoms with Gasteiger partial charge in [0.1, 0.15) is 12.4 Å². The van der Waals surface area contributed by atoms with E-state index in [0.29, 0.717) is 24.4 Å². The number of amides is 1. The Morgan fingerprint density at radius 2 is 1.70 bits per heavy atom. The number of hydrogen-bond acceptors (Lipinski definition) is 4. The van der Waals surface area contributed by atoms with E-state index in [0.717, 1.165) is 17.6 Å². The van der Waals surface area contributed by atoms with Crippen LogP contribution < -0.4 is 14.4 Å². The number of nitrogens with zero attached hydrogens (tertiary/aromatic N) is 1. The molecule has 0 bridgehead atoms. The van der Waals surface area contributed by atoms with E-state index < -0.39 is 10.0 Å². The van der Waals surface area contributed by atoms with Crippen molar-refractivity contribution in [3.05, 3.63) is 59.7 Å². The van der Waals surface area contributed by atoms with Gasteiger partial charge in [0, 0.05) is 12.1 Å². The van der Waals surface area contributed by atoms with E-state index in [1.54, 1.807) is 31.2 Å². The van der Waals surface area contributed by atoms with Gasteiger partial charge >= 0.3 is 0 Å². The zero-order valence-corrected chi connectivity index (χ0v) is 16.9. The first-order chi connectivity index (χ1) is 12.7. The summed E-state index contributed by atoms with van der Waals surface area (Å²) in [5, 5.41) is 2.87. The molecule has 27 heavy (non-hydrogen) atoms. The molecule has 1 unspecified atom stereocenters. The molecule has 2 aromatic carbocycles. The van der Waals surface area contributed by atoms with Crippen LogP contribution in [0.25, 0.3) is 0 Å². The molecule has 0 aromatic heterocycles. The molecule has 6 nitrogen and oxygen atoms in total. The van der Waals surface area contributed by atoms with Gasteiger partial charge < -0.3 is 10.1 Å². The average molecular weight is 391 g/mol.